The number of thioether (sulfide) groups is 1. The minimum absolute atomic E-state index is 0.0155. The van der Waals surface area contributed by atoms with Crippen molar-refractivity contribution in [1.29, 1.82) is 0 Å². The molecule has 3 aromatic rings. The van der Waals surface area contributed by atoms with Crippen molar-refractivity contribution in [3.63, 3.8) is 0 Å². The largest absolute Gasteiger partial charge is 0.325 e. The fraction of sp³-hybridized carbons (Fsp3) is 0.368. The molecule has 0 radical (unpaired) electrons. The van der Waals surface area contributed by atoms with E-state index in [9.17, 15) is 9.59 Å². The third-order valence-electron chi connectivity index (χ3n) is 4.28. The van der Waals surface area contributed by atoms with E-state index in [0.717, 1.165) is 28.4 Å². The van der Waals surface area contributed by atoms with Crippen LogP contribution in [-0.4, -0.2) is 20.5 Å². The number of amides is 1. The van der Waals surface area contributed by atoms with Crippen molar-refractivity contribution < 1.29 is 4.79 Å². The van der Waals surface area contributed by atoms with E-state index in [1.165, 1.54) is 21.9 Å². The number of hydrogen-bond acceptors (Lipinski definition) is 6. The summed E-state index contributed by atoms with van der Waals surface area (Å²) in [6, 6.07) is 9.23. The topological polar surface area (TPSA) is 76.4 Å². The number of carbonyl (C=O) groups is 1. The van der Waals surface area contributed by atoms with Gasteiger partial charge in [0.05, 0.1) is 11.4 Å². The molecule has 0 aliphatic heterocycles. The van der Waals surface area contributed by atoms with Gasteiger partial charge in [-0.05, 0) is 31.9 Å². The summed E-state index contributed by atoms with van der Waals surface area (Å²) in [5.74, 6) is 0.605. The molecule has 1 aromatic carbocycles. The van der Waals surface area contributed by atoms with E-state index in [1.807, 2.05) is 45.0 Å². The summed E-state index contributed by atoms with van der Waals surface area (Å²) < 4.78 is 1.33. The molecule has 0 atom stereocenters. The zero-order chi connectivity index (χ0) is 19.4. The molecule has 0 aliphatic carbocycles. The molecule has 0 spiro atoms. The number of nitrogens with one attached hydrogen (secondary N) is 1. The van der Waals surface area contributed by atoms with Crippen molar-refractivity contribution in [2.24, 2.45) is 5.92 Å². The van der Waals surface area contributed by atoms with Gasteiger partial charge in [0.25, 0.3) is 5.56 Å². The molecule has 1 N–H and O–H groups in total. The van der Waals surface area contributed by atoms with Gasteiger partial charge in [-0.25, -0.2) is 4.98 Å². The quantitative estimate of drug-likeness (QED) is 0.602. The number of hydrogen-bond donors (Lipinski definition) is 1. The first kappa shape index (κ1) is 19.6. The van der Waals surface area contributed by atoms with Crippen LogP contribution in [0.1, 0.15) is 37.4 Å². The van der Waals surface area contributed by atoms with Gasteiger partial charge in [-0.3, -0.25) is 9.59 Å². The van der Waals surface area contributed by atoms with Crippen LogP contribution in [-0.2, 0) is 10.5 Å². The van der Waals surface area contributed by atoms with Crippen molar-refractivity contribution in [2.45, 2.75) is 44.3 Å². The SMILES string of the molecule is CCC(CC)C(=O)Nc1ccccc1SCc1cc(=O)n2nc(C)sc2n1. The van der Waals surface area contributed by atoms with Crippen molar-refractivity contribution in [3.8, 4) is 0 Å². The second kappa shape index (κ2) is 8.67. The standard InChI is InChI=1S/C19H22N4O2S2/c1-4-13(5-2)18(25)21-15-8-6-7-9-16(15)26-11-14-10-17(24)23-19(20-14)27-12(3)22-23/h6-10,13H,4-5,11H2,1-3H3,(H,21,25). The van der Waals surface area contributed by atoms with Gasteiger partial charge in [0.15, 0.2) is 0 Å². The number of aromatic nitrogens is 3. The van der Waals surface area contributed by atoms with Crippen LogP contribution in [0.3, 0.4) is 0 Å². The second-order valence-electron chi connectivity index (χ2n) is 6.19. The summed E-state index contributed by atoms with van der Waals surface area (Å²) in [5.41, 5.74) is 1.33. The lowest BCUT2D eigenvalue weighted by atomic mass is 10.0. The normalized spacial score (nSPS) is 11.3. The Bertz CT molecular complexity index is 1010. The van der Waals surface area contributed by atoms with Crippen molar-refractivity contribution in [3.05, 3.63) is 51.4 Å². The first-order chi connectivity index (χ1) is 13.0. The van der Waals surface area contributed by atoms with Gasteiger partial charge in [-0.2, -0.15) is 9.61 Å². The van der Waals surface area contributed by atoms with E-state index >= 15 is 0 Å². The lowest BCUT2D eigenvalue weighted by molar-refractivity contribution is -0.120. The highest BCUT2D eigenvalue weighted by Gasteiger charge is 2.16. The molecule has 0 bridgehead atoms. The summed E-state index contributed by atoms with van der Waals surface area (Å²) >= 11 is 2.95. The average Bonchev–Trinajstić information content (AvgIpc) is 3.03. The van der Waals surface area contributed by atoms with E-state index in [2.05, 4.69) is 15.4 Å². The minimum Gasteiger partial charge on any atom is -0.325 e. The summed E-state index contributed by atoms with van der Waals surface area (Å²) in [6.07, 6.45) is 1.64. The van der Waals surface area contributed by atoms with E-state index in [4.69, 9.17) is 0 Å². The molecule has 0 saturated carbocycles. The van der Waals surface area contributed by atoms with Crippen molar-refractivity contribution >= 4 is 39.7 Å². The zero-order valence-electron chi connectivity index (χ0n) is 15.6. The van der Waals surface area contributed by atoms with Crippen LogP contribution in [0.25, 0.3) is 4.96 Å². The first-order valence-corrected chi connectivity index (χ1v) is 10.7. The fourth-order valence-electron chi connectivity index (χ4n) is 2.77. The highest BCUT2D eigenvalue weighted by Crippen LogP contribution is 2.30. The molecule has 142 valence electrons. The van der Waals surface area contributed by atoms with E-state index in [0.29, 0.717) is 16.4 Å². The van der Waals surface area contributed by atoms with Crippen LogP contribution in [0.15, 0.2) is 40.0 Å². The monoisotopic (exact) mass is 402 g/mol. The molecule has 6 nitrogen and oxygen atoms in total. The van der Waals surface area contributed by atoms with Crippen LogP contribution >= 0.6 is 23.1 Å². The number of anilines is 1. The van der Waals surface area contributed by atoms with E-state index in [1.54, 1.807) is 11.8 Å². The number of carbonyl (C=O) groups excluding carboxylic acids is 1. The lowest BCUT2D eigenvalue weighted by Gasteiger charge is -2.15. The van der Waals surface area contributed by atoms with Crippen LogP contribution < -0.4 is 10.9 Å². The third kappa shape index (κ3) is 4.56. The molecule has 0 aliphatic rings. The molecular formula is C19H22N4O2S2. The van der Waals surface area contributed by atoms with Gasteiger partial charge in [0.1, 0.15) is 5.01 Å². The Morgan fingerprint density at radius 2 is 2.04 bits per heavy atom. The summed E-state index contributed by atoms with van der Waals surface area (Å²) in [5, 5.41) is 8.00. The molecule has 27 heavy (non-hydrogen) atoms. The molecule has 1 amide bonds. The lowest BCUT2D eigenvalue weighted by Crippen LogP contribution is -2.21. The maximum Gasteiger partial charge on any atom is 0.275 e. The Labute approximate surface area is 166 Å². The predicted molar refractivity (Wildman–Crippen MR) is 111 cm³/mol. The molecule has 2 aromatic heterocycles. The Balaban J connectivity index is 1.77. The second-order valence-corrected chi connectivity index (χ2v) is 8.37. The molecule has 0 unspecified atom stereocenters. The number of rotatable bonds is 7. The highest BCUT2D eigenvalue weighted by atomic mass is 32.2. The van der Waals surface area contributed by atoms with Crippen LogP contribution in [0, 0.1) is 12.8 Å². The number of benzene rings is 1. The fourth-order valence-corrected chi connectivity index (χ4v) is 4.44. The smallest absolute Gasteiger partial charge is 0.275 e. The van der Waals surface area contributed by atoms with Gasteiger partial charge in [-0.1, -0.05) is 37.3 Å². The Kier molecular flexibility index (Phi) is 6.28. The average molecular weight is 403 g/mol. The molecule has 0 saturated heterocycles. The van der Waals surface area contributed by atoms with Crippen LogP contribution in [0.5, 0.6) is 0 Å². The van der Waals surface area contributed by atoms with Crippen molar-refractivity contribution in [1.82, 2.24) is 14.6 Å². The molecular weight excluding hydrogens is 380 g/mol. The van der Waals surface area contributed by atoms with Gasteiger partial charge in [0.2, 0.25) is 10.9 Å². The summed E-state index contributed by atoms with van der Waals surface area (Å²) in [7, 11) is 0. The number of nitrogens with zero attached hydrogens (tertiary/aromatic N) is 3. The van der Waals surface area contributed by atoms with E-state index in [-0.39, 0.29) is 17.4 Å². The maximum atomic E-state index is 12.4. The van der Waals surface area contributed by atoms with E-state index < -0.39 is 0 Å². The van der Waals surface area contributed by atoms with Gasteiger partial charge in [0, 0.05) is 22.6 Å². The molecule has 3 rings (SSSR count). The molecule has 0 fully saturated rings. The maximum absolute atomic E-state index is 12.4. The van der Waals surface area contributed by atoms with Crippen LogP contribution in [0.2, 0.25) is 0 Å². The highest BCUT2D eigenvalue weighted by molar-refractivity contribution is 7.98. The number of fused-ring (bicyclic) bond motifs is 1. The van der Waals surface area contributed by atoms with Crippen molar-refractivity contribution in [2.75, 3.05) is 5.32 Å². The Morgan fingerprint density at radius 3 is 2.78 bits per heavy atom. The Hall–Kier alpha value is -2.19. The number of para-hydroxylation sites is 1. The summed E-state index contributed by atoms with van der Waals surface area (Å²) in [4.78, 5) is 30.7. The van der Waals surface area contributed by atoms with Gasteiger partial charge in [-0.15, -0.1) is 11.8 Å². The van der Waals surface area contributed by atoms with Crippen LogP contribution in [0.4, 0.5) is 5.69 Å². The van der Waals surface area contributed by atoms with Gasteiger partial charge < -0.3 is 5.32 Å². The predicted octanol–water partition coefficient (Wildman–Crippen LogP) is 4.13. The number of aryl methyl sites for hydroxylation is 1. The molecule has 2 heterocycles. The summed E-state index contributed by atoms with van der Waals surface area (Å²) in [6.45, 7) is 5.90. The zero-order valence-corrected chi connectivity index (χ0v) is 17.2. The third-order valence-corrected chi connectivity index (χ3v) is 6.21. The minimum atomic E-state index is -0.171. The first-order valence-electron chi connectivity index (χ1n) is 8.90. The molecule has 8 heteroatoms. The Morgan fingerprint density at radius 1 is 1.30 bits per heavy atom. The van der Waals surface area contributed by atoms with Gasteiger partial charge >= 0.3 is 0 Å².